The van der Waals surface area contributed by atoms with Gasteiger partial charge >= 0.3 is 6.03 Å². The van der Waals surface area contributed by atoms with E-state index in [0.29, 0.717) is 17.2 Å². The van der Waals surface area contributed by atoms with E-state index in [9.17, 15) is 41.8 Å². The number of nitrogens with zero attached hydrogens (tertiary/aromatic N) is 2. The number of hydrogen-bond acceptors (Lipinski definition) is 13. The summed E-state index contributed by atoms with van der Waals surface area (Å²) < 4.78 is 76.2. The Morgan fingerprint density at radius 3 is 1.58 bits per heavy atom. The van der Waals surface area contributed by atoms with Crippen LogP contribution in [0.4, 0.5) is 10.5 Å². The van der Waals surface area contributed by atoms with Crippen molar-refractivity contribution in [1.82, 2.24) is 10.0 Å². The number of rotatable bonds is 15. The number of benzene rings is 6. The van der Waals surface area contributed by atoms with Gasteiger partial charge in [0.1, 0.15) is 55.8 Å². The van der Waals surface area contributed by atoms with Gasteiger partial charge in [0.25, 0.3) is 15.7 Å². The zero-order valence-corrected chi connectivity index (χ0v) is 40.9. The van der Waals surface area contributed by atoms with Crippen LogP contribution in [-0.2, 0) is 24.7 Å². The van der Waals surface area contributed by atoms with Crippen molar-refractivity contribution < 1.29 is 50.3 Å². The maximum atomic E-state index is 13.1. The Balaban J connectivity index is 0.000000258. The summed E-state index contributed by atoms with van der Waals surface area (Å²) in [6.45, 7) is 10.7. The number of sulfonamides is 1. The Labute approximate surface area is 402 Å². The Morgan fingerprint density at radius 2 is 1.13 bits per heavy atom. The smallest absolute Gasteiger partial charge is 0.329 e. The largest absolute Gasteiger partial charge is 0.497 e. The molecule has 2 N–H and O–H groups in total. The zero-order valence-electron chi connectivity index (χ0n) is 39.2. The Kier molecular flexibility index (Phi) is 16.6. The van der Waals surface area contributed by atoms with Gasteiger partial charge in [-0.1, -0.05) is 69.3 Å². The highest BCUT2D eigenvalue weighted by atomic mass is 32.2. The monoisotopic (exact) mass is 976 g/mol. The summed E-state index contributed by atoms with van der Waals surface area (Å²) in [5, 5.41) is 23.0. The first-order chi connectivity index (χ1) is 32.4. The summed E-state index contributed by atoms with van der Waals surface area (Å²) in [5.74, 6) is 1.00. The number of sulfone groups is 1. The Bertz CT molecular complexity index is 3100. The van der Waals surface area contributed by atoms with E-state index in [0.717, 1.165) is 40.1 Å². The number of carbonyl (C=O) groups excluding carboxylic acids is 2. The fourth-order valence-corrected chi connectivity index (χ4v) is 9.04. The van der Waals surface area contributed by atoms with Gasteiger partial charge in [-0.2, -0.15) is 5.26 Å². The van der Waals surface area contributed by atoms with Gasteiger partial charge < -0.3 is 24.3 Å². The number of carbonyl (C=O) groups is 2. The van der Waals surface area contributed by atoms with Gasteiger partial charge in [-0.25, -0.2) is 26.4 Å². The second kappa shape index (κ2) is 21.9. The van der Waals surface area contributed by atoms with Crippen molar-refractivity contribution >= 4 is 37.4 Å². The number of nitriles is 1. The SMILES string of the molecule is COc1ccc(-c2cccc(Oc3ccc(C#N)cc3S(=O)(=O)CC(=O)CC(C)(C)C)c2)cc1.COc1ccc(-c2cccc(Oc3ccc([N+](=O)[O-])cc3S(=O)(=O)NC(=O)NC(C)(C)C)c2)cc1. The van der Waals surface area contributed by atoms with Crippen LogP contribution in [0.1, 0.15) is 53.5 Å². The molecule has 0 fully saturated rings. The van der Waals surface area contributed by atoms with Crippen molar-refractivity contribution in [3.63, 3.8) is 0 Å². The summed E-state index contributed by atoms with van der Waals surface area (Å²) in [4.78, 5) is 34.4. The third-order valence-corrected chi connectivity index (χ3v) is 12.6. The van der Waals surface area contributed by atoms with E-state index in [4.69, 9.17) is 18.9 Å². The van der Waals surface area contributed by atoms with E-state index in [2.05, 4.69) is 5.32 Å². The Morgan fingerprint density at radius 1 is 0.638 bits per heavy atom. The maximum Gasteiger partial charge on any atom is 0.329 e. The molecule has 0 spiro atoms. The number of nitro benzene ring substituents is 1. The van der Waals surface area contributed by atoms with Gasteiger partial charge in [0, 0.05) is 24.1 Å². The number of urea groups is 1. The van der Waals surface area contributed by atoms with E-state index in [1.807, 2.05) is 80.1 Å². The molecule has 0 atom stereocenters. The molecule has 0 aliphatic rings. The molecule has 0 aromatic heterocycles. The highest BCUT2D eigenvalue weighted by Crippen LogP contribution is 2.36. The lowest BCUT2D eigenvalue weighted by atomic mass is 9.90. The number of non-ortho nitro benzene ring substituents is 1. The fourth-order valence-electron chi connectivity index (χ4n) is 6.58. The topological polar surface area (TPSA) is 230 Å². The maximum absolute atomic E-state index is 13.1. The summed E-state index contributed by atoms with van der Waals surface area (Å²) in [5.41, 5.74) is 2.13. The second-order valence-electron chi connectivity index (χ2n) is 17.7. The molecule has 2 amide bonds. The molecule has 0 unspecified atom stereocenters. The molecule has 0 radical (unpaired) electrons. The van der Waals surface area contributed by atoms with E-state index in [1.165, 1.54) is 24.3 Å². The first-order valence-corrected chi connectivity index (χ1v) is 24.3. The van der Waals surface area contributed by atoms with Crippen LogP contribution in [0, 0.1) is 26.9 Å². The number of Topliss-reactive ketones (excluding diaryl/α,β-unsaturated/α-hetero) is 1. The number of nitro groups is 1. The lowest BCUT2D eigenvalue weighted by Crippen LogP contribution is -2.48. The average Bonchev–Trinajstić information content (AvgIpc) is 3.28. The molecule has 0 aliphatic heterocycles. The molecule has 69 heavy (non-hydrogen) atoms. The third kappa shape index (κ3) is 15.1. The highest BCUT2D eigenvalue weighted by Gasteiger charge is 2.29. The van der Waals surface area contributed by atoms with Gasteiger partial charge in [0.05, 0.1) is 30.8 Å². The van der Waals surface area contributed by atoms with E-state index in [-0.39, 0.29) is 39.6 Å². The van der Waals surface area contributed by atoms with Gasteiger partial charge in [0.15, 0.2) is 9.84 Å². The second-order valence-corrected chi connectivity index (χ2v) is 21.3. The number of hydrogen-bond donors (Lipinski definition) is 2. The van der Waals surface area contributed by atoms with Crippen molar-refractivity contribution in [2.24, 2.45) is 5.41 Å². The standard InChI is InChI=1S/C27H27NO5S.C24H25N3O7S/c1-27(2,3)16-22(29)18-34(30,31)26-14-19(17-28)8-13-25(26)33-24-7-5-6-21(15-24)20-9-11-23(32-4)12-10-20;1-24(2,3)25-23(28)26-35(31,32)22-15-18(27(29)30)10-13-21(22)34-20-7-5-6-17(14-20)16-8-11-19(33-4)12-9-16/h5-15H,16,18H2,1-4H3;5-15H,1-4H3,(H2,25,26,28). The average molecular weight is 977 g/mol. The number of ether oxygens (including phenoxy) is 4. The van der Waals surface area contributed by atoms with E-state index >= 15 is 0 Å². The number of methoxy groups -OCH3 is 2. The molecule has 0 saturated carbocycles. The van der Waals surface area contributed by atoms with Crippen LogP contribution < -0.4 is 29.0 Å². The molecule has 360 valence electrons. The molecule has 18 heteroatoms. The van der Waals surface area contributed by atoms with Gasteiger partial charge in [-0.15, -0.1) is 0 Å². The molecule has 6 rings (SSSR count). The minimum atomic E-state index is -4.51. The van der Waals surface area contributed by atoms with Gasteiger partial charge in [-0.05, 0) is 121 Å². The van der Waals surface area contributed by atoms with Crippen molar-refractivity contribution in [3.8, 4) is 62.8 Å². The van der Waals surface area contributed by atoms with Crippen LogP contribution in [0.15, 0.2) is 143 Å². The lowest BCUT2D eigenvalue weighted by molar-refractivity contribution is -0.385. The van der Waals surface area contributed by atoms with Crippen LogP contribution in [-0.4, -0.2) is 59.1 Å². The first-order valence-electron chi connectivity index (χ1n) is 21.2. The zero-order chi connectivity index (χ0) is 50.7. The summed E-state index contributed by atoms with van der Waals surface area (Å²) >= 11 is 0. The molecule has 6 aromatic carbocycles. The Hall–Kier alpha value is -7.75. The molecule has 0 heterocycles. The summed E-state index contributed by atoms with van der Waals surface area (Å²) in [7, 11) is -5.37. The van der Waals surface area contributed by atoms with Crippen molar-refractivity contribution in [1.29, 1.82) is 5.26 Å². The van der Waals surface area contributed by atoms with Crippen molar-refractivity contribution in [2.45, 2.75) is 63.3 Å². The molecular formula is C51H52N4O12S2. The number of nitrogens with one attached hydrogen (secondary N) is 2. The first kappa shape index (κ1) is 52.2. The molecule has 6 aromatic rings. The number of amides is 2. The van der Waals surface area contributed by atoms with Crippen LogP contribution >= 0.6 is 0 Å². The predicted molar refractivity (Wildman–Crippen MR) is 261 cm³/mol. The molecule has 0 bridgehead atoms. The molecule has 0 saturated heterocycles. The summed E-state index contributed by atoms with van der Waals surface area (Å²) in [6, 6.07) is 37.3. The molecular weight excluding hydrogens is 925 g/mol. The van der Waals surface area contributed by atoms with E-state index < -0.39 is 52.7 Å². The van der Waals surface area contributed by atoms with E-state index in [1.54, 1.807) is 83.5 Å². The van der Waals surface area contributed by atoms with Crippen molar-refractivity contribution in [3.05, 3.63) is 149 Å². The summed E-state index contributed by atoms with van der Waals surface area (Å²) in [6.07, 6.45) is 0.129. The van der Waals surface area contributed by atoms with Crippen LogP contribution in [0.25, 0.3) is 22.3 Å². The minimum absolute atomic E-state index is 0.0643. The quantitative estimate of drug-likeness (QED) is 0.0721. The molecule has 0 aliphatic carbocycles. The lowest BCUT2D eigenvalue weighted by Gasteiger charge is -2.21. The highest BCUT2D eigenvalue weighted by molar-refractivity contribution is 7.92. The normalized spacial score (nSPS) is 11.5. The fraction of sp³-hybridized carbons (Fsp3) is 0.235. The number of ketones is 1. The van der Waals surface area contributed by atoms with Crippen LogP contribution in [0.2, 0.25) is 0 Å². The van der Waals surface area contributed by atoms with Gasteiger partial charge in [-0.3, -0.25) is 14.9 Å². The third-order valence-electron chi connectivity index (χ3n) is 9.60. The van der Waals surface area contributed by atoms with Crippen molar-refractivity contribution in [2.75, 3.05) is 20.0 Å². The van der Waals surface area contributed by atoms with Crippen LogP contribution in [0.3, 0.4) is 0 Å². The minimum Gasteiger partial charge on any atom is -0.497 e. The predicted octanol–water partition coefficient (Wildman–Crippen LogP) is 10.7. The van der Waals surface area contributed by atoms with Gasteiger partial charge in [0.2, 0.25) is 0 Å². The molecule has 16 nitrogen and oxygen atoms in total. The van der Waals surface area contributed by atoms with Crippen LogP contribution in [0.5, 0.6) is 34.5 Å².